The normalized spacial score (nSPS) is 21.4. The largest absolute Gasteiger partial charge is 0.481 e. The summed E-state index contributed by atoms with van der Waals surface area (Å²) in [5, 5.41) is 8.59. The van der Waals surface area contributed by atoms with Crippen molar-refractivity contribution in [1.82, 2.24) is 4.90 Å². The highest BCUT2D eigenvalue weighted by atomic mass is 16.5. The second-order valence-electron chi connectivity index (χ2n) is 2.97. The van der Waals surface area contributed by atoms with Gasteiger partial charge in [-0.25, -0.2) is 0 Å². The smallest absolute Gasteiger partial charge is 0.305 e. The van der Waals surface area contributed by atoms with E-state index in [1.54, 1.807) is 0 Å². The molecular formula is C9H11NO4. The van der Waals surface area contributed by atoms with Crippen molar-refractivity contribution in [3.63, 3.8) is 0 Å². The number of carboxylic acid groups (broad SMARTS) is 1. The fourth-order valence-corrected chi connectivity index (χ4v) is 1.38. The molecule has 14 heavy (non-hydrogen) atoms. The van der Waals surface area contributed by atoms with Gasteiger partial charge in [-0.3, -0.25) is 9.59 Å². The highest BCUT2D eigenvalue weighted by Gasteiger charge is 2.27. The summed E-state index contributed by atoms with van der Waals surface area (Å²) in [5.74, 6) is 0.541. The molecule has 1 unspecified atom stereocenters. The topological polar surface area (TPSA) is 66.8 Å². The number of hydrogen-bond donors (Lipinski definition) is 1. The van der Waals surface area contributed by atoms with Crippen molar-refractivity contribution in [3.8, 4) is 12.3 Å². The zero-order valence-electron chi connectivity index (χ0n) is 7.60. The Morgan fingerprint density at radius 2 is 2.36 bits per heavy atom. The third-order valence-electron chi connectivity index (χ3n) is 2.02. The minimum absolute atomic E-state index is 0.132. The maximum absolute atomic E-state index is 11.2. The monoisotopic (exact) mass is 197 g/mol. The molecular weight excluding hydrogens is 186 g/mol. The summed E-state index contributed by atoms with van der Waals surface area (Å²) in [7, 11) is 0. The highest BCUT2D eigenvalue weighted by molar-refractivity contribution is 5.93. The number of ether oxygens (including phenoxy) is 1. The lowest BCUT2D eigenvalue weighted by Crippen LogP contribution is -2.49. The minimum Gasteiger partial charge on any atom is -0.481 e. The van der Waals surface area contributed by atoms with Gasteiger partial charge in [0.05, 0.1) is 25.7 Å². The molecule has 1 aliphatic rings. The van der Waals surface area contributed by atoms with E-state index in [0.29, 0.717) is 13.2 Å². The molecule has 0 spiro atoms. The first-order chi connectivity index (χ1) is 6.65. The van der Waals surface area contributed by atoms with Crippen LogP contribution in [-0.2, 0) is 14.3 Å². The van der Waals surface area contributed by atoms with Crippen LogP contribution in [0.4, 0.5) is 0 Å². The first kappa shape index (κ1) is 10.5. The Labute approximate surface area is 81.6 Å². The number of amides is 1. The summed E-state index contributed by atoms with van der Waals surface area (Å²) >= 11 is 0. The minimum atomic E-state index is -0.963. The van der Waals surface area contributed by atoms with Gasteiger partial charge in [-0.15, -0.1) is 6.42 Å². The quantitative estimate of drug-likeness (QED) is 0.596. The molecule has 1 N–H and O–H groups in total. The number of carboxylic acids is 1. The first-order valence-electron chi connectivity index (χ1n) is 4.22. The van der Waals surface area contributed by atoms with E-state index in [4.69, 9.17) is 16.3 Å². The van der Waals surface area contributed by atoms with E-state index < -0.39 is 17.9 Å². The summed E-state index contributed by atoms with van der Waals surface area (Å²) < 4.78 is 5.08. The molecule has 5 nitrogen and oxygen atoms in total. The summed E-state index contributed by atoms with van der Waals surface area (Å²) in [6.07, 6.45) is 4.83. The van der Waals surface area contributed by atoms with E-state index in [0.717, 1.165) is 0 Å². The lowest BCUT2D eigenvalue weighted by Gasteiger charge is -2.33. The van der Waals surface area contributed by atoms with Gasteiger partial charge in [0.15, 0.2) is 0 Å². The maximum Gasteiger partial charge on any atom is 0.305 e. The van der Waals surface area contributed by atoms with Gasteiger partial charge in [-0.1, -0.05) is 0 Å². The van der Waals surface area contributed by atoms with Gasteiger partial charge in [0.2, 0.25) is 0 Å². The molecule has 0 aromatic heterocycles. The fourth-order valence-electron chi connectivity index (χ4n) is 1.38. The van der Waals surface area contributed by atoms with E-state index >= 15 is 0 Å². The molecule has 1 atom stereocenters. The summed E-state index contributed by atoms with van der Waals surface area (Å²) in [6, 6.07) is -0.440. The molecule has 76 valence electrons. The van der Waals surface area contributed by atoms with E-state index in [1.807, 2.05) is 5.92 Å². The zero-order valence-corrected chi connectivity index (χ0v) is 7.60. The second kappa shape index (κ2) is 4.63. The van der Waals surface area contributed by atoms with E-state index in [9.17, 15) is 9.59 Å². The standard InChI is InChI=1S/C9H11NO4/c1-2-8(11)10-3-4-14-6-7(10)5-9(12)13/h1,7H,3-6H2,(H,12,13). The molecule has 1 amide bonds. The van der Waals surface area contributed by atoms with Crippen LogP contribution in [0.25, 0.3) is 0 Å². The van der Waals surface area contributed by atoms with Crippen molar-refractivity contribution in [1.29, 1.82) is 0 Å². The average molecular weight is 197 g/mol. The molecule has 0 saturated carbocycles. The Hall–Kier alpha value is -1.54. The number of morpholine rings is 1. The van der Waals surface area contributed by atoms with Gasteiger partial charge in [0.25, 0.3) is 5.91 Å². The van der Waals surface area contributed by atoms with Crippen LogP contribution >= 0.6 is 0 Å². The van der Waals surface area contributed by atoms with Crippen LogP contribution in [0, 0.1) is 12.3 Å². The summed E-state index contributed by atoms with van der Waals surface area (Å²) in [6.45, 7) is 1.00. The van der Waals surface area contributed by atoms with Crippen LogP contribution in [0.15, 0.2) is 0 Å². The molecule has 0 radical (unpaired) electrons. The van der Waals surface area contributed by atoms with Crippen molar-refractivity contribution in [2.45, 2.75) is 12.5 Å². The Morgan fingerprint density at radius 1 is 1.64 bits per heavy atom. The van der Waals surface area contributed by atoms with Crippen molar-refractivity contribution >= 4 is 11.9 Å². The van der Waals surface area contributed by atoms with E-state index in [-0.39, 0.29) is 13.0 Å². The van der Waals surface area contributed by atoms with Crippen molar-refractivity contribution in [2.24, 2.45) is 0 Å². The van der Waals surface area contributed by atoms with Crippen LogP contribution in [0.2, 0.25) is 0 Å². The number of rotatable bonds is 2. The molecule has 0 bridgehead atoms. The van der Waals surface area contributed by atoms with E-state index in [2.05, 4.69) is 0 Å². The van der Waals surface area contributed by atoms with Gasteiger partial charge in [-0.2, -0.15) is 0 Å². The van der Waals surface area contributed by atoms with Gasteiger partial charge >= 0.3 is 5.97 Å². The number of terminal acetylenes is 1. The Bertz CT molecular complexity index is 281. The van der Waals surface area contributed by atoms with Crippen LogP contribution in [-0.4, -0.2) is 47.7 Å². The van der Waals surface area contributed by atoms with Crippen LogP contribution in [0.5, 0.6) is 0 Å². The predicted octanol–water partition coefficient (Wildman–Crippen LogP) is -0.678. The molecule has 0 aliphatic carbocycles. The van der Waals surface area contributed by atoms with Gasteiger partial charge in [0.1, 0.15) is 0 Å². The Kier molecular flexibility index (Phi) is 3.48. The lowest BCUT2D eigenvalue weighted by atomic mass is 10.1. The van der Waals surface area contributed by atoms with Crippen LogP contribution < -0.4 is 0 Å². The summed E-state index contributed by atoms with van der Waals surface area (Å²) in [4.78, 5) is 23.1. The second-order valence-corrected chi connectivity index (χ2v) is 2.97. The van der Waals surface area contributed by atoms with E-state index in [1.165, 1.54) is 4.90 Å². The predicted molar refractivity (Wildman–Crippen MR) is 47.4 cm³/mol. The van der Waals surface area contributed by atoms with Crippen LogP contribution in [0.3, 0.4) is 0 Å². The molecule has 0 aromatic rings. The first-order valence-corrected chi connectivity index (χ1v) is 4.22. The maximum atomic E-state index is 11.2. The SMILES string of the molecule is C#CC(=O)N1CCOCC1CC(=O)O. The zero-order chi connectivity index (χ0) is 10.6. The van der Waals surface area contributed by atoms with Crippen molar-refractivity contribution in [3.05, 3.63) is 0 Å². The molecule has 1 rings (SSSR count). The fraction of sp³-hybridized carbons (Fsp3) is 0.556. The molecule has 5 heteroatoms. The summed E-state index contributed by atoms with van der Waals surface area (Å²) in [5.41, 5.74) is 0. The number of carbonyl (C=O) groups excluding carboxylic acids is 1. The highest BCUT2D eigenvalue weighted by Crippen LogP contribution is 2.10. The third-order valence-corrected chi connectivity index (χ3v) is 2.02. The Morgan fingerprint density at radius 3 is 2.93 bits per heavy atom. The molecule has 1 heterocycles. The van der Waals surface area contributed by atoms with Gasteiger partial charge < -0.3 is 14.7 Å². The van der Waals surface area contributed by atoms with Gasteiger partial charge in [0, 0.05) is 6.54 Å². The molecule has 1 saturated heterocycles. The Balaban J connectivity index is 2.64. The number of aliphatic carboxylic acids is 1. The third kappa shape index (κ3) is 2.47. The number of nitrogens with zero attached hydrogens (tertiary/aromatic N) is 1. The number of carbonyl (C=O) groups is 2. The van der Waals surface area contributed by atoms with Gasteiger partial charge in [-0.05, 0) is 5.92 Å². The molecule has 1 fully saturated rings. The molecule has 0 aromatic carbocycles. The average Bonchev–Trinajstić information content (AvgIpc) is 2.16. The van der Waals surface area contributed by atoms with Crippen molar-refractivity contribution < 1.29 is 19.4 Å². The van der Waals surface area contributed by atoms with Crippen LogP contribution in [0.1, 0.15) is 6.42 Å². The van der Waals surface area contributed by atoms with Crippen molar-refractivity contribution in [2.75, 3.05) is 19.8 Å². The molecule has 1 aliphatic heterocycles. The number of hydrogen-bond acceptors (Lipinski definition) is 3. The lowest BCUT2D eigenvalue weighted by molar-refractivity contribution is -0.143.